The molecule has 4 nitrogen and oxygen atoms in total. The van der Waals surface area contributed by atoms with Gasteiger partial charge in [0.2, 0.25) is 0 Å². The maximum atomic E-state index is 12.0. The zero-order valence-electron chi connectivity index (χ0n) is 14.9. The number of carbonyl (C=O) groups excluding carboxylic acids is 1. The van der Waals surface area contributed by atoms with Crippen LogP contribution in [0.4, 0.5) is 10.5 Å². The van der Waals surface area contributed by atoms with Gasteiger partial charge < -0.3 is 15.4 Å². The second-order valence-electron chi connectivity index (χ2n) is 6.00. The monoisotopic (exact) mass is 326 g/mol. The number of rotatable bonds is 6. The number of aryl methyl sites for hydroxylation is 4. The molecule has 0 aromatic heterocycles. The Morgan fingerprint density at radius 3 is 2.25 bits per heavy atom. The Kier molecular flexibility index (Phi) is 6.24. The van der Waals surface area contributed by atoms with E-state index in [1.165, 1.54) is 11.1 Å². The quantitative estimate of drug-likeness (QED) is 0.774. The van der Waals surface area contributed by atoms with Crippen LogP contribution >= 0.6 is 0 Å². The SMILES string of the molecule is CCc1ccc(OCCNC(=O)Nc2c(C)cc(C)cc2C)cc1. The lowest BCUT2D eigenvalue weighted by Gasteiger charge is -2.14. The molecule has 24 heavy (non-hydrogen) atoms. The van der Waals surface area contributed by atoms with Crippen molar-refractivity contribution in [3.8, 4) is 5.75 Å². The first kappa shape index (κ1) is 17.9. The number of amides is 2. The molecular weight excluding hydrogens is 300 g/mol. The van der Waals surface area contributed by atoms with E-state index < -0.39 is 0 Å². The average molecular weight is 326 g/mol. The molecule has 0 radical (unpaired) electrons. The molecule has 0 aliphatic carbocycles. The number of anilines is 1. The molecular formula is C20H26N2O2. The van der Waals surface area contributed by atoms with Crippen molar-refractivity contribution in [2.24, 2.45) is 0 Å². The predicted molar refractivity (Wildman–Crippen MR) is 99.0 cm³/mol. The Hall–Kier alpha value is -2.49. The normalized spacial score (nSPS) is 10.3. The summed E-state index contributed by atoms with van der Waals surface area (Å²) >= 11 is 0. The Bertz CT molecular complexity index is 670. The fourth-order valence-corrected chi connectivity index (χ4v) is 2.69. The van der Waals surface area contributed by atoms with Gasteiger partial charge in [0.1, 0.15) is 12.4 Å². The number of ether oxygens (including phenoxy) is 1. The molecule has 0 unspecified atom stereocenters. The van der Waals surface area contributed by atoms with E-state index in [1.807, 2.05) is 32.9 Å². The van der Waals surface area contributed by atoms with Crippen LogP contribution in [-0.2, 0) is 6.42 Å². The summed E-state index contributed by atoms with van der Waals surface area (Å²) in [4.78, 5) is 12.0. The first-order chi connectivity index (χ1) is 11.5. The highest BCUT2D eigenvalue weighted by Crippen LogP contribution is 2.21. The fraction of sp³-hybridized carbons (Fsp3) is 0.350. The molecule has 2 aromatic rings. The lowest BCUT2D eigenvalue weighted by Crippen LogP contribution is -2.32. The predicted octanol–water partition coefficient (Wildman–Crippen LogP) is 4.37. The Morgan fingerprint density at radius 1 is 1.04 bits per heavy atom. The summed E-state index contributed by atoms with van der Waals surface area (Å²) in [5.74, 6) is 0.819. The van der Waals surface area contributed by atoms with Crippen molar-refractivity contribution in [3.63, 3.8) is 0 Å². The summed E-state index contributed by atoms with van der Waals surface area (Å²) in [6.45, 7) is 9.05. The van der Waals surface area contributed by atoms with E-state index in [0.29, 0.717) is 13.2 Å². The van der Waals surface area contributed by atoms with E-state index in [2.05, 4.69) is 41.8 Å². The van der Waals surface area contributed by atoms with Gasteiger partial charge in [-0.3, -0.25) is 0 Å². The molecule has 0 aliphatic heterocycles. The third kappa shape index (κ3) is 5.01. The van der Waals surface area contributed by atoms with E-state index in [-0.39, 0.29) is 6.03 Å². The maximum absolute atomic E-state index is 12.0. The van der Waals surface area contributed by atoms with Crippen molar-refractivity contribution in [1.82, 2.24) is 5.32 Å². The van der Waals surface area contributed by atoms with Crippen LogP contribution in [0.3, 0.4) is 0 Å². The van der Waals surface area contributed by atoms with Crippen molar-refractivity contribution < 1.29 is 9.53 Å². The molecule has 2 rings (SSSR count). The highest BCUT2D eigenvalue weighted by molar-refractivity contribution is 5.91. The third-order valence-corrected chi connectivity index (χ3v) is 3.90. The maximum Gasteiger partial charge on any atom is 0.319 e. The summed E-state index contributed by atoms with van der Waals surface area (Å²) in [6.07, 6.45) is 1.01. The molecule has 0 saturated carbocycles. The molecule has 0 heterocycles. The summed E-state index contributed by atoms with van der Waals surface area (Å²) in [6, 6.07) is 11.9. The first-order valence-corrected chi connectivity index (χ1v) is 8.34. The summed E-state index contributed by atoms with van der Waals surface area (Å²) in [7, 11) is 0. The minimum absolute atomic E-state index is 0.213. The van der Waals surface area contributed by atoms with Crippen molar-refractivity contribution in [3.05, 3.63) is 58.7 Å². The highest BCUT2D eigenvalue weighted by Gasteiger charge is 2.07. The van der Waals surface area contributed by atoms with Crippen molar-refractivity contribution in [2.45, 2.75) is 34.1 Å². The molecule has 2 N–H and O–H groups in total. The molecule has 0 aliphatic rings. The molecule has 2 aromatic carbocycles. The molecule has 2 amide bonds. The van der Waals surface area contributed by atoms with Crippen LogP contribution in [0.2, 0.25) is 0 Å². The number of urea groups is 1. The number of nitrogens with one attached hydrogen (secondary N) is 2. The average Bonchev–Trinajstić information content (AvgIpc) is 2.55. The van der Waals surface area contributed by atoms with Crippen LogP contribution in [-0.4, -0.2) is 19.2 Å². The minimum atomic E-state index is -0.213. The van der Waals surface area contributed by atoms with Gasteiger partial charge in [0.05, 0.1) is 6.54 Å². The second-order valence-corrected chi connectivity index (χ2v) is 6.00. The standard InChI is InChI=1S/C20H26N2O2/c1-5-17-6-8-18(9-7-17)24-11-10-21-20(23)22-19-15(3)12-14(2)13-16(19)4/h6-9,12-13H,5,10-11H2,1-4H3,(H2,21,22,23). The number of hydrogen-bond acceptors (Lipinski definition) is 2. The van der Waals surface area contributed by atoms with E-state index in [1.54, 1.807) is 0 Å². The zero-order valence-corrected chi connectivity index (χ0v) is 14.9. The van der Waals surface area contributed by atoms with Gasteiger partial charge in [-0.05, 0) is 56.0 Å². The van der Waals surface area contributed by atoms with Gasteiger partial charge in [-0.25, -0.2) is 4.79 Å². The fourth-order valence-electron chi connectivity index (χ4n) is 2.69. The topological polar surface area (TPSA) is 50.4 Å². The number of carbonyl (C=O) groups is 1. The Morgan fingerprint density at radius 2 is 1.67 bits per heavy atom. The van der Waals surface area contributed by atoms with Crippen LogP contribution < -0.4 is 15.4 Å². The van der Waals surface area contributed by atoms with Gasteiger partial charge >= 0.3 is 6.03 Å². The van der Waals surface area contributed by atoms with Gasteiger partial charge in [0.25, 0.3) is 0 Å². The highest BCUT2D eigenvalue weighted by atomic mass is 16.5. The summed E-state index contributed by atoms with van der Waals surface area (Å²) in [5.41, 5.74) is 5.47. The molecule has 4 heteroatoms. The number of hydrogen-bond donors (Lipinski definition) is 2. The first-order valence-electron chi connectivity index (χ1n) is 8.34. The van der Waals surface area contributed by atoms with E-state index in [9.17, 15) is 4.79 Å². The van der Waals surface area contributed by atoms with Crippen LogP contribution in [0.1, 0.15) is 29.2 Å². The smallest absolute Gasteiger partial charge is 0.319 e. The molecule has 128 valence electrons. The summed E-state index contributed by atoms with van der Waals surface area (Å²) < 4.78 is 5.63. The van der Waals surface area contributed by atoms with E-state index in [0.717, 1.165) is 29.0 Å². The minimum Gasteiger partial charge on any atom is -0.492 e. The van der Waals surface area contributed by atoms with Gasteiger partial charge in [0.15, 0.2) is 0 Å². The van der Waals surface area contributed by atoms with Gasteiger partial charge in [-0.15, -0.1) is 0 Å². The van der Waals surface area contributed by atoms with Crippen molar-refractivity contribution in [2.75, 3.05) is 18.5 Å². The third-order valence-electron chi connectivity index (χ3n) is 3.90. The van der Waals surface area contributed by atoms with E-state index in [4.69, 9.17) is 4.74 Å². The van der Waals surface area contributed by atoms with Gasteiger partial charge in [-0.1, -0.05) is 36.8 Å². The van der Waals surface area contributed by atoms with Crippen LogP contribution in [0.25, 0.3) is 0 Å². The Balaban J connectivity index is 1.77. The molecule has 0 saturated heterocycles. The summed E-state index contributed by atoms with van der Waals surface area (Å²) in [5, 5.41) is 5.73. The lowest BCUT2D eigenvalue weighted by molar-refractivity contribution is 0.247. The zero-order chi connectivity index (χ0) is 17.5. The molecule has 0 atom stereocenters. The van der Waals surface area contributed by atoms with Crippen molar-refractivity contribution in [1.29, 1.82) is 0 Å². The van der Waals surface area contributed by atoms with Gasteiger partial charge in [0, 0.05) is 5.69 Å². The molecule has 0 bridgehead atoms. The molecule has 0 fully saturated rings. The number of benzene rings is 2. The van der Waals surface area contributed by atoms with Crippen LogP contribution in [0.5, 0.6) is 5.75 Å². The van der Waals surface area contributed by atoms with Crippen LogP contribution in [0, 0.1) is 20.8 Å². The largest absolute Gasteiger partial charge is 0.492 e. The second kappa shape index (κ2) is 8.39. The lowest BCUT2D eigenvalue weighted by atomic mass is 10.1. The van der Waals surface area contributed by atoms with Crippen LogP contribution in [0.15, 0.2) is 36.4 Å². The van der Waals surface area contributed by atoms with Gasteiger partial charge in [-0.2, -0.15) is 0 Å². The Labute approximate surface area is 144 Å². The van der Waals surface area contributed by atoms with E-state index >= 15 is 0 Å². The van der Waals surface area contributed by atoms with Crippen molar-refractivity contribution >= 4 is 11.7 Å². The molecule has 0 spiro atoms.